The molecule has 0 bridgehead atoms. The highest BCUT2D eigenvalue weighted by Crippen LogP contribution is 2.13. The Morgan fingerprint density at radius 1 is 1.54 bits per heavy atom. The van der Waals surface area contributed by atoms with Gasteiger partial charge >= 0.3 is 5.97 Å². The molecule has 0 aliphatic rings. The molecule has 13 heavy (non-hydrogen) atoms. The number of hydrogen-bond acceptors (Lipinski definition) is 4. The van der Waals surface area contributed by atoms with Gasteiger partial charge in [-0.2, -0.15) is 11.3 Å². The summed E-state index contributed by atoms with van der Waals surface area (Å²) in [7, 11) is 1.28. The monoisotopic (exact) mass is 198 g/mol. The van der Waals surface area contributed by atoms with Crippen molar-refractivity contribution < 1.29 is 14.3 Å². The highest BCUT2D eigenvalue weighted by atomic mass is 32.1. The van der Waals surface area contributed by atoms with Crippen molar-refractivity contribution >= 4 is 23.1 Å². The van der Waals surface area contributed by atoms with Gasteiger partial charge in [-0.15, -0.1) is 0 Å². The standard InChI is InChI=1S/C9H10O3S/c1-6(9(11)12-2)8(10)7-3-4-13-5-7/h3-6H,1-2H3. The first-order valence-electron chi connectivity index (χ1n) is 3.81. The Kier molecular flexibility index (Phi) is 3.19. The predicted octanol–water partition coefficient (Wildman–Crippen LogP) is 1.74. The van der Waals surface area contributed by atoms with Crippen LogP contribution in [0.1, 0.15) is 17.3 Å². The zero-order valence-corrected chi connectivity index (χ0v) is 8.26. The zero-order valence-electron chi connectivity index (χ0n) is 7.44. The number of Topliss-reactive ketones (excluding diaryl/α,β-unsaturated/α-hetero) is 1. The minimum Gasteiger partial charge on any atom is -0.468 e. The second kappa shape index (κ2) is 4.18. The van der Waals surface area contributed by atoms with E-state index in [9.17, 15) is 9.59 Å². The van der Waals surface area contributed by atoms with Crippen molar-refractivity contribution in [3.63, 3.8) is 0 Å². The summed E-state index contributed by atoms with van der Waals surface area (Å²) >= 11 is 1.43. The molecule has 4 heteroatoms. The lowest BCUT2D eigenvalue weighted by Gasteiger charge is -2.05. The maximum absolute atomic E-state index is 11.5. The van der Waals surface area contributed by atoms with Crippen molar-refractivity contribution in [2.75, 3.05) is 7.11 Å². The van der Waals surface area contributed by atoms with Crippen LogP contribution >= 0.6 is 11.3 Å². The predicted molar refractivity (Wildman–Crippen MR) is 49.8 cm³/mol. The van der Waals surface area contributed by atoms with Gasteiger partial charge in [0.1, 0.15) is 5.92 Å². The molecule has 0 saturated heterocycles. The number of carbonyl (C=O) groups excluding carboxylic acids is 2. The third-order valence-corrected chi connectivity index (χ3v) is 2.44. The summed E-state index contributed by atoms with van der Waals surface area (Å²) in [6.45, 7) is 1.55. The molecule has 0 fully saturated rings. The first-order valence-corrected chi connectivity index (χ1v) is 4.75. The second-order valence-corrected chi connectivity index (χ2v) is 3.40. The molecule has 0 amide bonds. The van der Waals surface area contributed by atoms with Crippen LogP contribution in [-0.4, -0.2) is 18.9 Å². The van der Waals surface area contributed by atoms with E-state index >= 15 is 0 Å². The average molecular weight is 198 g/mol. The van der Waals surface area contributed by atoms with E-state index in [-0.39, 0.29) is 5.78 Å². The van der Waals surface area contributed by atoms with Gasteiger partial charge < -0.3 is 4.74 Å². The molecule has 0 spiro atoms. The Morgan fingerprint density at radius 3 is 2.69 bits per heavy atom. The number of esters is 1. The SMILES string of the molecule is COC(=O)C(C)C(=O)c1ccsc1. The number of carbonyl (C=O) groups is 2. The summed E-state index contributed by atoms with van der Waals surface area (Å²) in [4.78, 5) is 22.5. The molecular formula is C9H10O3S. The topological polar surface area (TPSA) is 43.4 Å². The van der Waals surface area contributed by atoms with Crippen LogP contribution < -0.4 is 0 Å². The van der Waals surface area contributed by atoms with Crippen LogP contribution in [0.25, 0.3) is 0 Å². The quantitative estimate of drug-likeness (QED) is 0.422. The van der Waals surface area contributed by atoms with Crippen molar-refractivity contribution in [1.82, 2.24) is 0 Å². The molecule has 0 saturated carbocycles. The van der Waals surface area contributed by atoms with Gasteiger partial charge in [0.15, 0.2) is 5.78 Å². The molecule has 3 nitrogen and oxygen atoms in total. The minimum atomic E-state index is -0.709. The Balaban J connectivity index is 2.74. The Hall–Kier alpha value is -1.16. The van der Waals surface area contributed by atoms with Gasteiger partial charge in [-0.05, 0) is 18.4 Å². The number of ether oxygens (including phenoxy) is 1. The van der Waals surface area contributed by atoms with Crippen molar-refractivity contribution in [2.45, 2.75) is 6.92 Å². The smallest absolute Gasteiger partial charge is 0.316 e. The first kappa shape index (κ1) is 9.92. The Labute approximate surface area is 80.3 Å². The normalized spacial score (nSPS) is 12.2. The summed E-state index contributed by atoms with van der Waals surface area (Å²) in [6, 6.07) is 1.70. The highest BCUT2D eigenvalue weighted by Gasteiger charge is 2.23. The zero-order chi connectivity index (χ0) is 9.84. The summed E-state index contributed by atoms with van der Waals surface area (Å²) < 4.78 is 4.47. The fourth-order valence-electron chi connectivity index (χ4n) is 0.938. The molecule has 0 aliphatic heterocycles. The molecule has 0 aromatic carbocycles. The van der Waals surface area contributed by atoms with Crippen LogP contribution in [0.15, 0.2) is 16.8 Å². The molecule has 0 aliphatic carbocycles. The molecule has 1 aromatic heterocycles. The summed E-state index contributed by atoms with van der Waals surface area (Å²) in [6.07, 6.45) is 0. The second-order valence-electron chi connectivity index (χ2n) is 2.62. The fourth-order valence-corrected chi connectivity index (χ4v) is 1.58. The Bertz CT molecular complexity index is 303. The lowest BCUT2D eigenvalue weighted by Crippen LogP contribution is -2.21. The lowest BCUT2D eigenvalue weighted by atomic mass is 10.0. The van der Waals surface area contributed by atoms with Gasteiger partial charge in [0.2, 0.25) is 0 Å². The molecule has 0 N–H and O–H groups in total. The number of ketones is 1. The molecule has 1 rings (SSSR count). The van der Waals surface area contributed by atoms with Crippen LogP contribution in [0.3, 0.4) is 0 Å². The number of hydrogen-bond donors (Lipinski definition) is 0. The van der Waals surface area contributed by atoms with Gasteiger partial charge in [-0.1, -0.05) is 0 Å². The summed E-state index contributed by atoms with van der Waals surface area (Å²) in [5, 5.41) is 3.53. The van der Waals surface area contributed by atoms with Gasteiger partial charge in [0.05, 0.1) is 7.11 Å². The Morgan fingerprint density at radius 2 is 2.23 bits per heavy atom. The molecule has 70 valence electrons. The van der Waals surface area contributed by atoms with E-state index < -0.39 is 11.9 Å². The highest BCUT2D eigenvalue weighted by molar-refractivity contribution is 7.08. The van der Waals surface area contributed by atoms with Crippen molar-refractivity contribution in [3.8, 4) is 0 Å². The third kappa shape index (κ3) is 2.15. The van der Waals surface area contributed by atoms with Gasteiger partial charge in [-0.3, -0.25) is 9.59 Å². The van der Waals surface area contributed by atoms with Crippen molar-refractivity contribution in [2.24, 2.45) is 5.92 Å². The largest absolute Gasteiger partial charge is 0.468 e. The number of rotatable bonds is 3. The van der Waals surface area contributed by atoms with E-state index in [4.69, 9.17) is 0 Å². The van der Waals surface area contributed by atoms with Crippen LogP contribution in [0.5, 0.6) is 0 Å². The first-order chi connectivity index (χ1) is 6.16. The van der Waals surface area contributed by atoms with Crippen molar-refractivity contribution in [3.05, 3.63) is 22.4 Å². The molecule has 0 radical (unpaired) electrons. The van der Waals surface area contributed by atoms with Gasteiger partial charge in [0, 0.05) is 10.9 Å². The van der Waals surface area contributed by atoms with E-state index in [2.05, 4.69) is 4.74 Å². The van der Waals surface area contributed by atoms with Crippen molar-refractivity contribution in [1.29, 1.82) is 0 Å². The van der Waals surface area contributed by atoms with Crippen LogP contribution in [0.2, 0.25) is 0 Å². The third-order valence-electron chi connectivity index (χ3n) is 1.75. The lowest BCUT2D eigenvalue weighted by molar-refractivity contribution is -0.143. The molecule has 1 aromatic rings. The molecule has 1 unspecified atom stereocenters. The summed E-state index contributed by atoms with van der Waals surface area (Å²) in [5.74, 6) is -1.39. The van der Waals surface area contributed by atoms with E-state index in [1.165, 1.54) is 18.4 Å². The average Bonchev–Trinajstić information content (AvgIpc) is 2.67. The van der Waals surface area contributed by atoms with Gasteiger partial charge in [-0.25, -0.2) is 0 Å². The minimum absolute atomic E-state index is 0.187. The maximum atomic E-state index is 11.5. The molecule has 1 atom stereocenters. The van der Waals surface area contributed by atoms with E-state index in [1.807, 2.05) is 0 Å². The van der Waals surface area contributed by atoms with Gasteiger partial charge in [0.25, 0.3) is 0 Å². The summed E-state index contributed by atoms with van der Waals surface area (Å²) in [5.41, 5.74) is 0.572. The van der Waals surface area contributed by atoms with Crippen LogP contribution in [-0.2, 0) is 9.53 Å². The maximum Gasteiger partial charge on any atom is 0.316 e. The van der Waals surface area contributed by atoms with E-state index in [0.717, 1.165) is 0 Å². The van der Waals surface area contributed by atoms with E-state index in [0.29, 0.717) is 5.56 Å². The fraction of sp³-hybridized carbons (Fsp3) is 0.333. The molecular weight excluding hydrogens is 188 g/mol. The van der Waals surface area contributed by atoms with E-state index in [1.54, 1.807) is 23.8 Å². The number of methoxy groups -OCH3 is 1. The number of thiophene rings is 1. The van der Waals surface area contributed by atoms with Crippen LogP contribution in [0.4, 0.5) is 0 Å². The van der Waals surface area contributed by atoms with Crippen LogP contribution in [0, 0.1) is 5.92 Å². The molecule has 1 heterocycles.